The Labute approximate surface area is 152 Å². The lowest BCUT2D eigenvalue weighted by molar-refractivity contribution is 0.377. The van der Waals surface area contributed by atoms with Gasteiger partial charge in [-0.1, -0.05) is 35.0 Å². The van der Waals surface area contributed by atoms with E-state index in [1.165, 1.54) is 4.57 Å². The summed E-state index contributed by atoms with van der Waals surface area (Å²) in [4.78, 5) is 16.4. The van der Waals surface area contributed by atoms with Crippen LogP contribution in [0, 0.1) is 0 Å². The molecule has 0 aliphatic rings. The van der Waals surface area contributed by atoms with Crippen molar-refractivity contribution in [1.29, 1.82) is 0 Å². The molecule has 8 heteroatoms. The van der Waals surface area contributed by atoms with Crippen LogP contribution in [0.3, 0.4) is 0 Å². The van der Waals surface area contributed by atoms with Crippen molar-refractivity contribution in [3.8, 4) is 5.75 Å². The molecule has 0 bridgehead atoms. The fourth-order valence-corrected chi connectivity index (χ4v) is 3.01. The second-order valence-electron chi connectivity index (χ2n) is 5.67. The average Bonchev–Trinajstić information content (AvgIpc) is 3.20. The Morgan fingerprint density at radius 1 is 1.23 bits per heavy atom. The van der Waals surface area contributed by atoms with Crippen molar-refractivity contribution >= 4 is 22.7 Å². The summed E-state index contributed by atoms with van der Waals surface area (Å²) in [6.07, 6.45) is 0.428. The van der Waals surface area contributed by atoms with Gasteiger partial charge >= 0.3 is 5.76 Å². The summed E-state index contributed by atoms with van der Waals surface area (Å²) < 4.78 is 17.1. The monoisotopic (exact) mass is 371 g/mol. The van der Waals surface area contributed by atoms with Crippen molar-refractivity contribution in [2.24, 2.45) is 0 Å². The van der Waals surface area contributed by atoms with Gasteiger partial charge in [-0.3, -0.25) is 4.57 Å². The van der Waals surface area contributed by atoms with E-state index in [1.54, 1.807) is 31.4 Å². The number of hydrogen-bond donors (Lipinski definition) is 0. The number of para-hydroxylation sites is 2. The van der Waals surface area contributed by atoms with Crippen LogP contribution < -0.4 is 10.5 Å². The number of aromatic nitrogens is 3. The van der Waals surface area contributed by atoms with Crippen molar-refractivity contribution < 1.29 is 13.7 Å². The molecule has 0 amide bonds. The molecule has 4 aromatic rings. The first-order valence-electron chi connectivity index (χ1n) is 7.86. The molecule has 0 unspecified atom stereocenters. The van der Waals surface area contributed by atoms with Crippen molar-refractivity contribution in [2.75, 3.05) is 7.11 Å². The summed E-state index contributed by atoms with van der Waals surface area (Å²) in [7, 11) is 1.56. The van der Waals surface area contributed by atoms with Crippen molar-refractivity contribution in [1.82, 2.24) is 14.7 Å². The van der Waals surface area contributed by atoms with E-state index >= 15 is 0 Å². The van der Waals surface area contributed by atoms with E-state index in [9.17, 15) is 4.79 Å². The van der Waals surface area contributed by atoms with Gasteiger partial charge in [0.05, 0.1) is 30.6 Å². The molecule has 2 heterocycles. The normalized spacial score (nSPS) is 11.2. The number of hydrogen-bond acceptors (Lipinski definition) is 6. The second kappa shape index (κ2) is 6.68. The summed E-state index contributed by atoms with van der Waals surface area (Å²) in [6.45, 7) is 0.169. The van der Waals surface area contributed by atoms with Crippen LogP contribution in [0.5, 0.6) is 5.75 Å². The molecular formula is C18H14ClN3O4. The van der Waals surface area contributed by atoms with Gasteiger partial charge in [0.2, 0.25) is 5.89 Å². The zero-order valence-electron chi connectivity index (χ0n) is 13.8. The molecule has 0 N–H and O–H groups in total. The zero-order valence-corrected chi connectivity index (χ0v) is 14.6. The highest BCUT2D eigenvalue weighted by molar-refractivity contribution is 6.32. The number of fused-ring (bicyclic) bond motifs is 1. The smallest absolute Gasteiger partial charge is 0.420 e. The highest BCUT2D eigenvalue weighted by atomic mass is 35.5. The number of halogens is 1. The van der Waals surface area contributed by atoms with Crippen molar-refractivity contribution in [3.63, 3.8) is 0 Å². The summed E-state index contributed by atoms with van der Waals surface area (Å²) in [6, 6.07) is 12.6. The van der Waals surface area contributed by atoms with Crippen LogP contribution in [0.25, 0.3) is 11.1 Å². The zero-order chi connectivity index (χ0) is 18.1. The number of rotatable bonds is 5. The molecular weight excluding hydrogens is 358 g/mol. The second-order valence-corrected chi connectivity index (χ2v) is 6.08. The molecule has 0 saturated carbocycles. The first-order valence-corrected chi connectivity index (χ1v) is 8.24. The Morgan fingerprint density at radius 2 is 2.08 bits per heavy atom. The SMILES string of the molecule is COc1ccc(Cc2nc(Cn3c(=O)oc4ccccc43)no2)cc1Cl. The summed E-state index contributed by atoms with van der Waals surface area (Å²) in [5.41, 5.74) is 2.12. The van der Waals surface area contributed by atoms with Crippen LogP contribution in [-0.2, 0) is 13.0 Å². The molecule has 0 aliphatic carbocycles. The summed E-state index contributed by atoms with van der Waals surface area (Å²) >= 11 is 6.13. The van der Waals surface area contributed by atoms with Crippen molar-refractivity contribution in [3.05, 3.63) is 75.3 Å². The first-order chi connectivity index (χ1) is 12.6. The molecule has 0 radical (unpaired) electrons. The minimum absolute atomic E-state index is 0.169. The minimum atomic E-state index is -0.459. The lowest BCUT2D eigenvalue weighted by Crippen LogP contribution is -2.15. The fourth-order valence-electron chi connectivity index (χ4n) is 2.73. The van der Waals surface area contributed by atoms with Crippen molar-refractivity contribution in [2.45, 2.75) is 13.0 Å². The van der Waals surface area contributed by atoms with Crippen LogP contribution in [0.1, 0.15) is 17.3 Å². The van der Waals surface area contributed by atoms with E-state index in [4.69, 9.17) is 25.3 Å². The van der Waals surface area contributed by atoms with E-state index in [0.29, 0.717) is 40.0 Å². The lowest BCUT2D eigenvalue weighted by Gasteiger charge is -2.04. The van der Waals surface area contributed by atoms with E-state index in [-0.39, 0.29) is 6.54 Å². The standard InChI is InChI=1S/C18H14ClN3O4/c1-24-14-7-6-11(8-12(14)19)9-17-20-16(21-26-17)10-22-13-4-2-3-5-15(13)25-18(22)23/h2-8H,9-10H2,1H3. The summed E-state index contributed by atoms with van der Waals surface area (Å²) in [5, 5.41) is 4.46. The van der Waals surface area contributed by atoms with Crippen LogP contribution >= 0.6 is 11.6 Å². The third-order valence-electron chi connectivity index (χ3n) is 3.95. The van der Waals surface area contributed by atoms with E-state index < -0.39 is 5.76 Å². The van der Waals surface area contributed by atoms with Gasteiger partial charge < -0.3 is 13.7 Å². The Morgan fingerprint density at radius 3 is 2.88 bits per heavy atom. The van der Waals surface area contributed by atoms with Gasteiger partial charge in [0, 0.05) is 0 Å². The van der Waals surface area contributed by atoms with E-state index in [2.05, 4.69) is 10.1 Å². The van der Waals surface area contributed by atoms with Gasteiger partial charge in [-0.15, -0.1) is 0 Å². The van der Waals surface area contributed by atoms with Gasteiger partial charge in [-0.05, 0) is 29.8 Å². The molecule has 0 spiro atoms. The van der Waals surface area contributed by atoms with Gasteiger partial charge in [0.1, 0.15) is 5.75 Å². The third kappa shape index (κ3) is 3.09. The molecule has 0 aliphatic heterocycles. The number of ether oxygens (including phenoxy) is 1. The van der Waals surface area contributed by atoms with Gasteiger partial charge in [0.25, 0.3) is 0 Å². The Hall–Kier alpha value is -3.06. The molecule has 4 rings (SSSR count). The Bertz CT molecular complexity index is 1130. The molecule has 132 valence electrons. The van der Waals surface area contributed by atoms with E-state index in [0.717, 1.165) is 5.56 Å². The maximum atomic E-state index is 12.0. The van der Waals surface area contributed by atoms with Gasteiger partial charge in [0.15, 0.2) is 11.4 Å². The summed E-state index contributed by atoms with van der Waals surface area (Å²) in [5.74, 6) is 0.975. The number of methoxy groups -OCH3 is 1. The number of oxazole rings is 1. The molecule has 26 heavy (non-hydrogen) atoms. The highest BCUT2D eigenvalue weighted by Crippen LogP contribution is 2.25. The number of benzene rings is 2. The maximum Gasteiger partial charge on any atom is 0.420 e. The van der Waals surface area contributed by atoms with Crippen LogP contribution in [0.15, 0.2) is 56.2 Å². The predicted octanol–water partition coefficient (Wildman–Crippen LogP) is 3.28. The largest absolute Gasteiger partial charge is 0.495 e. The molecule has 7 nitrogen and oxygen atoms in total. The Balaban J connectivity index is 1.55. The van der Waals surface area contributed by atoms with Gasteiger partial charge in [-0.25, -0.2) is 4.79 Å². The topological polar surface area (TPSA) is 83.3 Å². The lowest BCUT2D eigenvalue weighted by atomic mass is 10.1. The van der Waals surface area contributed by atoms with Gasteiger partial charge in [-0.2, -0.15) is 4.98 Å². The molecule has 2 aromatic heterocycles. The molecule has 0 atom stereocenters. The minimum Gasteiger partial charge on any atom is -0.495 e. The quantitative estimate of drug-likeness (QED) is 0.535. The first kappa shape index (κ1) is 16.4. The molecule has 0 fully saturated rings. The van der Waals surface area contributed by atoms with Crippen LogP contribution in [0.2, 0.25) is 5.02 Å². The molecule has 0 saturated heterocycles. The van der Waals surface area contributed by atoms with E-state index in [1.807, 2.05) is 18.2 Å². The average molecular weight is 372 g/mol. The molecule has 2 aromatic carbocycles. The third-order valence-corrected chi connectivity index (χ3v) is 4.25. The fraction of sp³-hybridized carbons (Fsp3) is 0.167. The Kier molecular flexibility index (Phi) is 4.22. The van der Waals surface area contributed by atoms with Crippen LogP contribution in [0.4, 0.5) is 0 Å². The highest BCUT2D eigenvalue weighted by Gasteiger charge is 2.14. The number of nitrogens with zero attached hydrogens (tertiary/aromatic N) is 3. The maximum absolute atomic E-state index is 12.0. The van der Waals surface area contributed by atoms with Crippen LogP contribution in [-0.4, -0.2) is 21.8 Å². The predicted molar refractivity (Wildman–Crippen MR) is 94.7 cm³/mol.